The summed E-state index contributed by atoms with van der Waals surface area (Å²) in [5.41, 5.74) is 3.58. The lowest BCUT2D eigenvalue weighted by Gasteiger charge is -2.14. The molecule has 22 heavy (non-hydrogen) atoms. The fourth-order valence-corrected chi connectivity index (χ4v) is 2.86. The Bertz CT molecular complexity index is 817. The Morgan fingerprint density at radius 3 is 2.73 bits per heavy atom. The van der Waals surface area contributed by atoms with Crippen LogP contribution in [0.25, 0.3) is 10.9 Å². The van der Waals surface area contributed by atoms with E-state index in [4.69, 9.17) is 0 Å². The van der Waals surface area contributed by atoms with Gasteiger partial charge in [-0.1, -0.05) is 18.2 Å². The van der Waals surface area contributed by atoms with Crippen molar-refractivity contribution in [2.45, 2.75) is 33.0 Å². The summed E-state index contributed by atoms with van der Waals surface area (Å²) in [6.07, 6.45) is 2.07. The number of hydrogen-bond acceptors (Lipinski definition) is 3. The zero-order valence-electron chi connectivity index (χ0n) is 12.7. The van der Waals surface area contributed by atoms with Gasteiger partial charge in [0.2, 0.25) is 0 Å². The molecule has 3 aromatic rings. The lowest BCUT2D eigenvalue weighted by atomic mass is 10.2. The zero-order chi connectivity index (χ0) is 15.7. The van der Waals surface area contributed by atoms with Crippen molar-refractivity contribution in [2.24, 2.45) is 0 Å². The van der Waals surface area contributed by atoms with E-state index in [9.17, 15) is 9.90 Å². The van der Waals surface area contributed by atoms with Gasteiger partial charge in [-0.05, 0) is 26.0 Å². The molecule has 1 atom stereocenters. The highest BCUT2D eigenvalue weighted by Gasteiger charge is 2.13. The number of fused-ring (bicyclic) bond motifs is 1. The van der Waals surface area contributed by atoms with Gasteiger partial charge in [-0.25, -0.2) is 0 Å². The second-order valence-corrected chi connectivity index (χ2v) is 5.63. The summed E-state index contributed by atoms with van der Waals surface area (Å²) in [6.45, 7) is 4.77. The molecule has 0 saturated carbocycles. The van der Waals surface area contributed by atoms with E-state index in [0.29, 0.717) is 18.7 Å². The molecular weight excluding hydrogens is 278 g/mol. The van der Waals surface area contributed by atoms with Crippen LogP contribution in [0.15, 0.2) is 36.5 Å². The van der Waals surface area contributed by atoms with Crippen LogP contribution in [0.4, 0.5) is 0 Å². The first-order valence-corrected chi connectivity index (χ1v) is 7.30. The Morgan fingerprint density at radius 1 is 1.27 bits per heavy atom. The van der Waals surface area contributed by atoms with Crippen molar-refractivity contribution in [3.05, 3.63) is 53.5 Å². The number of aryl methyl sites for hydroxylation is 2. The largest absolute Gasteiger partial charge is 0.389 e. The van der Waals surface area contributed by atoms with Crippen LogP contribution < -0.4 is 0 Å². The predicted molar refractivity (Wildman–Crippen MR) is 85.0 cm³/mol. The van der Waals surface area contributed by atoms with E-state index < -0.39 is 6.10 Å². The summed E-state index contributed by atoms with van der Waals surface area (Å²) < 4.78 is 3.74. The summed E-state index contributed by atoms with van der Waals surface area (Å²) in [5, 5.41) is 15.6. The summed E-state index contributed by atoms with van der Waals surface area (Å²) in [6, 6.07) is 9.70. The van der Waals surface area contributed by atoms with E-state index >= 15 is 0 Å². The second-order valence-electron chi connectivity index (χ2n) is 5.63. The molecule has 5 nitrogen and oxygen atoms in total. The highest BCUT2D eigenvalue weighted by Crippen LogP contribution is 2.20. The number of para-hydroxylation sites is 1. The molecule has 2 heterocycles. The second kappa shape index (κ2) is 5.77. The summed E-state index contributed by atoms with van der Waals surface area (Å²) >= 11 is 0. The number of aliphatic hydroxyl groups excluding tert-OH is 1. The van der Waals surface area contributed by atoms with Crippen molar-refractivity contribution in [3.63, 3.8) is 0 Å². The van der Waals surface area contributed by atoms with Gasteiger partial charge >= 0.3 is 0 Å². The van der Waals surface area contributed by atoms with Gasteiger partial charge in [0.05, 0.1) is 24.9 Å². The molecule has 2 aromatic heterocycles. The number of rotatable bonds is 5. The van der Waals surface area contributed by atoms with Crippen molar-refractivity contribution in [1.82, 2.24) is 14.3 Å². The van der Waals surface area contributed by atoms with E-state index in [-0.39, 0.29) is 0 Å². The van der Waals surface area contributed by atoms with Crippen molar-refractivity contribution in [2.75, 3.05) is 0 Å². The highest BCUT2D eigenvalue weighted by molar-refractivity contribution is 5.97. The average Bonchev–Trinajstić information content (AvgIpc) is 2.99. The number of benzene rings is 1. The molecule has 0 aliphatic rings. The number of carbonyl (C=O) groups is 1. The first-order valence-electron chi connectivity index (χ1n) is 7.30. The molecule has 0 fully saturated rings. The van der Waals surface area contributed by atoms with E-state index in [1.165, 1.54) is 0 Å². The van der Waals surface area contributed by atoms with Crippen LogP contribution in [-0.2, 0) is 13.1 Å². The molecule has 5 heteroatoms. The quantitative estimate of drug-likeness (QED) is 0.735. The van der Waals surface area contributed by atoms with Gasteiger partial charge in [-0.2, -0.15) is 5.10 Å². The maximum atomic E-state index is 11.2. The Hall–Kier alpha value is -2.40. The van der Waals surface area contributed by atoms with Gasteiger partial charge in [0.25, 0.3) is 0 Å². The van der Waals surface area contributed by atoms with Crippen molar-refractivity contribution in [3.8, 4) is 0 Å². The maximum Gasteiger partial charge on any atom is 0.152 e. The third kappa shape index (κ3) is 2.67. The number of aldehydes is 1. The Labute approximate surface area is 128 Å². The lowest BCUT2D eigenvalue weighted by Crippen LogP contribution is -2.23. The summed E-state index contributed by atoms with van der Waals surface area (Å²) in [5.74, 6) is 0. The SMILES string of the molecule is Cc1cc(C)n(C[C@@H](O)Cn2cc(C=O)c3ccccc32)n1. The number of hydrogen-bond donors (Lipinski definition) is 1. The van der Waals surface area contributed by atoms with Gasteiger partial charge in [-0.3, -0.25) is 9.48 Å². The fourth-order valence-electron chi connectivity index (χ4n) is 2.86. The monoisotopic (exact) mass is 297 g/mol. The van der Waals surface area contributed by atoms with Gasteiger partial charge in [0, 0.05) is 28.4 Å². The van der Waals surface area contributed by atoms with Gasteiger partial charge in [0.1, 0.15) is 0 Å². The minimum Gasteiger partial charge on any atom is -0.389 e. The van der Waals surface area contributed by atoms with Crippen LogP contribution in [0.2, 0.25) is 0 Å². The summed E-state index contributed by atoms with van der Waals surface area (Å²) in [4.78, 5) is 11.2. The van der Waals surface area contributed by atoms with E-state index in [1.54, 1.807) is 6.20 Å². The summed E-state index contributed by atoms with van der Waals surface area (Å²) in [7, 11) is 0. The molecule has 3 rings (SSSR count). The molecule has 0 aliphatic heterocycles. The minimum absolute atomic E-state index is 0.423. The van der Waals surface area contributed by atoms with Crippen LogP contribution >= 0.6 is 0 Å². The van der Waals surface area contributed by atoms with Crippen molar-refractivity contribution >= 4 is 17.2 Å². The van der Waals surface area contributed by atoms with Crippen LogP contribution in [0.3, 0.4) is 0 Å². The third-order valence-electron chi connectivity index (χ3n) is 3.84. The maximum absolute atomic E-state index is 11.2. The zero-order valence-corrected chi connectivity index (χ0v) is 12.7. The molecule has 0 unspecified atom stereocenters. The van der Waals surface area contributed by atoms with Crippen molar-refractivity contribution in [1.29, 1.82) is 0 Å². The average molecular weight is 297 g/mol. The van der Waals surface area contributed by atoms with Crippen LogP contribution in [0.5, 0.6) is 0 Å². The smallest absolute Gasteiger partial charge is 0.152 e. The molecule has 1 aromatic carbocycles. The predicted octanol–water partition coefficient (Wildman–Crippen LogP) is 2.33. The number of aromatic nitrogens is 3. The molecule has 0 amide bonds. The lowest BCUT2D eigenvalue weighted by molar-refractivity contribution is 0.112. The van der Waals surface area contributed by atoms with E-state index in [0.717, 1.165) is 28.6 Å². The standard InChI is InChI=1S/C17H19N3O2/c1-12-7-13(2)20(18-12)10-15(22)9-19-8-14(11-21)16-5-3-4-6-17(16)19/h3-8,11,15,22H,9-10H2,1-2H3/t15-/m0/s1. The first kappa shape index (κ1) is 14.5. The highest BCUT2D eigenvalue weighted by atomic mass is 16.3. The fraction of sp³-hybridized carbons (Fsp3) is 0.294. The molecule has 1 N–H and O–H groups in total. The molecule has 114 valence electrons. The van der Waals surface area contributed by atoms with E-state index in [1.807, 2.05) is 53.4 Å². The minimum atomic E-state index is -0.576. The van der Waals surface area contributed by atoms with Gasteiger partial charge < -0.3 is 9.67 Å². The van der Waals surface area contributed by atoms with Crippen LogP contribution in [0, 0.1) is 13.8 Å². The van der Waals surface area contributed by atoms with Crippen LogP contribution in [0.1, 0.15) is 21.7 Å². The van der Waals surface area contributed by atoms with Crippen molar-refractivity contribution < 1.29 is 9.90 Å². The van der Waals surface area contributed by atoms with Crippen LogP contribution in [-0.4, -0.2) is 31.8 Å². The third-order valence-corrected chi connectivity index (χ3v) is 3.84. The number of aliphatic hydroxyl groups is 1. The van der Waals surface area contributed by atoms with Gasteiger partial charge in [0.15, 0.2) is 6.29 Å². The van der Waals surface area contributed by atoms with E-state index in [2.05, 4.69) is 5.10 Å². The topological polar surface area (TPSA) is 60.0 Å². The molecule has 0 aliphatic carbocycles. The molecule has 0 spiro atoms. The molecule has 0 radical (unpaired) electrons. The molecule has 0 bridgehead atoms. The first-order chi connectivity index (χ1) is 10.6. The Kier molecular flexibility index (Phi) is 3.81. The normalized spacial score (nSPS) is 12.7. The number of nitrogens with zero attached hydrogens (tertiary/aromatic N) is 3. The molecule has 0 saturated heterocycles. The molecular formula is C17H19N3O2. The van der Waals surface area contributed by atoms with Gasteiger partial charge in [-0.15, -0.1) is 0 Å². The Morgan fingerprint density at radius 2 is 2.05 bits per heavy atom. The number of carbonyl (C=O) groups excluding carboxylic acids is 1. The Balaban J connectivity index is 1.83.